The zero-order valence-corrected chi connectivity index (χ0v) is 16.0. The van der Waals surface area contributed by atoms with Gasteiger partial charge in [-0.25, -0.2) is 4.98 Å². The van der Waals surface area contributed by atoms with Gasteiger partial charge < -0.3 is 19.9 Å². The smallest absolute Gasteiger partial charge is 0.255 e. The van der Waals surface area contributed by atoms with Gasteiger partial charge in [0.15, 0.2) is 0 Å². The maximum absolute atomic E-state index is 12.6. The first kappa shape index (κ1) is 19.0. The summed E-state index contributed by atoms with van der Waals surface area (Å²) in [6.45, 7) is 4.07. The highest BCUT2D eigenvalue weighted by Gasteiger charge is 2.21. The summed E-state index contributed by atoms with van der Waals surface area (Å²) in [6, 6.07) is 7.11. The fourth-order valence-corrected chi connectivity index (χ4v) is 3.03. The molecule has 0 saturated carbocycles. The van der Waals surface area contributed by atoms with Crippen LogP contribution in [0.2, 0.25) is 5.02 Å². The Balaban J connectivity index is 1.70. The molecule has 1 aromatic carbocycles. The molecule has 1 aromatic heterocycles. The summed E-state index contributed by atoms with van der Waals surface area (Å²) in [5.41, 5.74) is 2.18. The van der Waals surface area contributed by atoms with Gasteiger partial charge in [0.25, 0.3) is 5.91 Å². The van der Waals surface area contributed by atoms with Gasteiger partial charge >= 0.3 is 0 Å². The predicted molar refractivity (Wildman–Crippen MR) is 104 cm³/mol. The molecule has 0 unspecified atom stereocenters. The van der Waals surface area contributed by atoms with Crippen molar-refractivity contribution in [3.63, 3.8) is 0 Å². The Labute approximate surface area is 162 Å². The molecule has 1 aliphatic rings. The van der Waals surface area contributed by atoms with Crippen LogP contribution >= 0.6 is 11.6 Å². The lowest BCUT2D eigenvalue weighted by Crippen LogP contribution is -2.48. The summed E-state index contributed by atoms with van der Waals surface area (Å²) in [6.07, 6.45) is 2.36. The maximum atomic E-state index is 12.6. The van der Waals surface area contributed by atoms with Crippen molar-refractivity contribution in [3.8, 4) is 5.75 Å². The number of aromatic nitrogens is 1. The van der Waals surface area contributed by atoms with Gasteiger partial charge in [0.2, 0.25) is 6.41 Å². The van der Waals surface area contributed by atoms with E-state index < -0.39 is 0 Å². The minimum atomic E-state index is -0.0838. The molecule has 0 radical (unpaired) electrons. The Kier molecular flexibility index (Phi) is 5.81. The van der Waals surface area contributed by atoms with E-state index >= 15 is 0 Å². The van der Waals surface area contributed by atoms with Gasteiger partial charge in [0.1, 0.15) is 11.6 Å². The highest BCUT2D eigenvalue weighted by Crippen LogP contribution is 2.32. The number of anilines is 2. The summed E-state index contributed by atoms with van der Waals surface area (Å²) in [7, 11) is 1.58. The van der Waals surface area contributed by atoms with E-state index in [4.69, 9.17) is 16.3 Å². The van der Waals surface area contributed by atoms with Crippen molar-refractivity contribution in [2.24, 2.45) is 0 Å². The van der Waals surface area contributed by atoms with Crippen molar-refractivity contribution in [1.29, 1.82) is 0 Å². The van der Waals surface area contributed by atoms with Crippen LogP contribution in [-0.4, -0.2) is 60.4 Å². The van der Waals surface area contributed by atoms with Crippen molar-refractivity contribution >= 4 is 35.4 Å². The lowest BCUT2D eigenvalue weighted by molar-refractivity contribution is -0.119. The van der Waals surface area contributed by atoms with E-state index in [0.29, 0.717) is 48.3 Å². The van der Waals surface area contributed by atoms with Crippen molar-refractivity contribution < 1.29 is 14.3 Å². The minimum Gasteiger partial charge on any atom is -0.495 e. The standard InChI is InChI=1S/C19H21ClN4O3/c1-13-9-16(17(27-2)10-15(13)20)22-18-4-3-14(11-21-18)19(26)24-7-5-23(12-25)6-8-24/h3-4,9-12H,5-8H2,1-2H3,(H,21,22). The molecule has 0 aliphatic carbocycles. The number of methoxy groups -OCH3 is 1. The van der Waals surface area contributed by atoms with Crippen molar-refractivity contribution in [1.82, 2.24) is 14.8 Å². The largest absolute Gasteiger partial charge is 0.495 e. The number of pyridine rings is 1. The van der Waals surface area contributed by atoms with Gasteiger partial charge in [-0.3, -0.25) is 9.59 Å². The molecule has 0 spiro atoms. The molecular weight excluding hydrogens is 368 g/mol. The number of aryl methyl sites for hydroxylation is 1. The minimum absolute atomic E-state index is 0.0838. The summed E-state index contributed by atoms with van der Waals surface area (Å²) in [5.74, 6) is 1.12. The molecule has 2 aromatic rings. The molecule has 2 heterocycles. The van der Waals surface area contributed by atoms with E-state index in [-0.39, 0.29) is 5.91 Å². The predicted octanol–water partition coefficient (Wildman–Crippen LogP) is 2.71. The first-order chi connectivity index (χ1) is 13.0. The number of ether oxygens (including phenoxy) is 1. The van der Waals surface area contributed by atoms with Crippen LogP contribution in [0.25, 0.3) is 0 Å². The number of benzene rings is 1. The number of hydrogen-bond acceptors (Lipinski definition) is 5. The molecule has 3 rings (SSSR count). The molecule has 27 heavy (non-hydrogen) atoms. The second-order valence-corrected chi connectivity index (χ2v) is 6.70. The Morgan fingerprint density at radius 2 is 2.00 bits per heavy atom. The molecule has 2 amide bonds. The van der Waals surface area contributed by atoms with Crippen molar-refractivity contribution in [2.75, 3.05) is 38.6 Å². The Morgan fingerprint density at radius 3 is 2.59 bits per heavy atom. The molecule has 1 saturated heterocycles. The SMILES string of the molecule is COc1cc(Cl)c(C)cc1Nc1ccc(C(=O)N2CCN(C=O)CC2)cn1. The summed E-state index contributed by atoms with van der Waals surface area (Å²) in [5, 5.41) is 3.81. The van der Waals surface area contributed by atoms with Gasteiger partial charge in [-0.15, -0.1) is 0 Å². The van der Waals surface area contributed by atoms with Gasteiger partial charge in [-0.1, -0.05) is 11.6 Å². The number of hydrogen-bond donors (Lipinski definition) is 1. The average Bonchev–Trinajstić information content (AvgIpc) is 2.70. The fraction of sp³-hybridized carbons (Fsp3) is 0.316. The lowest BCUT2D eigenvalue weighted by Gasteiger charge is -2.32. The Bertz CT molecular complexity index is 834. The number of nitrogens with zero attached hydrogens (tertiary/aromatic N) is 3. The molecule has 0 atom stereocenters. The molecule has 142 valence electrons. The second-order valence-electron chi connectivity index (χ2n) is 6.29. The third-order valence-electron chi connectivity index (χ3n) is 4.50. The van der Waals surface area contributed by atoms with Crippen LogP contribution in [0.4, 0.5) is 11.5 Å². The molecule has 1 N–H and O–H groups in total. The van der Waals surface area contributed by atoms with Crippen LogP contribution in [-0.2, 0) is 4.79 Å². The number of rotatable bonds is 5. The Hall–Kier alpha value is -2.80. The molecular formula is C19H21ClN4O3. The highest BCUT2D eigenvalue weighted by molar-refractivity contribution is 6.31. The topological polar surface area (TPSA) is 74.8 Å². The number of carbonyl (C=O) groups excluding carboxylic acids is 2. The first-order valence-corrected chi connectivity index (χ1v) is 8.95. The van der Waals surface area contributed by atoms with E-state index in [0.717, 1.165) is 17.7 Å². The van der Waals surface area contributed by atoms with Gasteiger partial charge in [0, 0.05) is 43.5 Å². The highest BCUT2D eigenvalue weighted by atomic mass is 35.5. The lowest BCUT2D eigenvalue weighted by atomic mass is 10.2. The fourth-order valence-electron chi connectivity index (χ4n) is 2.88. The van der Waals surface area contributed by atoms with Gasteiger partial charge in [0.05, 0.1) is 18.4 Å². The third-order valence-corrected chi connectivity index (χ3v) is 4.91. The van der Waals surface area contributed by atoms with Gasteiger partial charge in [-0.05, 0) is 30.7 Å². The summed E-state index contributed by atoms with van der Waals surface area (Å²) >= 11 is 6.13. The average molecular weight is 389 g/mol. The number of nitrogens with one attached hydrogen (secondary N) is 1. The van der Waals surface area contributed by atoms with E-state index in [1.54, 1.807) is 41.3 Å². The molecule has 0 bridgehead atoms. The van der Waals surface area contributed by atoms with Crippen molar-refractivity contribution in [3.05, 3.63) is 46.6 Å². The molecule has 7 nitrogen and oxygen atoms in total. The van der Waals surface area contributed by atoms with E-state index in [1.807, 2.05) is 13.0 Å². The number of carbonyl (C=O) groups is 2. The molecule has 1 aliphatic heterocycles. The van der Waals surface area contributed by atoms with Gasteiger partial charge in [-0.2, -0.15) is 0 Å². The van der Waals surface area contributed by atoms with Crippen LogP contribution in [0.15, 0.2) is 30.5 Å². The number of piperazine rings is 1. The van der Waals surface area contributed by atoms with Crippen LogP contribution in [0.3, 0.4) is 0 Å². The number of amides is 2. The van der Waals surface area contributed by atoms with Crippen molar-refractivity contribution in [2.45, 2.75) is 6.92 Å². The van der Waals surface area contributed by atoms with Crippen LogP contribution < -0.4 is 10.1 Å². The summed E-state index contributed by atoms with van der Waals surface area (Å²) < 4.78 is 5.35. The zero-order chi connectivity index (χ0) is 19.4. The molecule has 8 heteroatoms. The second kappa shape index (κ2) is 8.26. The maximum Gasteiger partial charge on any atom is 0.255 e. The van der Waals surface area contributed by atoms with E-state index in [9.17, 15) is 9.59 Å². The van der Waals surface area contributed by atoms with E-state index in [1.165, 1.54) is 0 Å². The molecule has 1 fully saturated rings. The third kappa shape index (κ3) is 4.31. The Morgan fingerprint density at radius 1 is 1.26 bits per heavy atom. The van der Waals surface area contributed by atoms with E-state index in [2.05, 4.69) is 10.3 Å². The quantitative estimate of drug-likeness (QED) is 0.797. The van der Waals surface area contributed by atoms with Crippen LogP contribution in [0, 0.1) is 6.92 Å². The monoisotopic (exact) mass is 388 g/mol. The summed E-state index contributed by atoms with van der Waals surface area (Å²) in [4.78, 5) is 31.1. The first-order valence-electron chi connectivity index (χ1n) is 8.57. The number of halogens is 1. The van der Waals surface area contributed by atoms with Crippen LogP contribution in [0.1, 0.15) is 15.9 Å². The zero-order valence-electron chi connectivity index (χ0n) is 15.2. The van der Waals surface area contributed by atoms with Crippen LogP contribution in [0.5, 0.6) is 5.75 Å². The normalized spacial score (nSPS) is 14.0.